The lowest BCUT2D eigenvalue weighted by molar-refractivity contribution is 0.0638. The van der Waals surface area contributed by atoms with E-state index in [4.69, 9.17) is 10.2 Å². The predicted octanol–water partition coefficient (Wildman–Crippen LogP) is 1.08. The zero-order valence-electron chi connectivity index (χ0n) is 8.59. The average molecular weight is 224 g/mol. The van der Waals surface area contributed by atoms with Crippen molar-refractivity contribution in [2.75, 3.05) is 0 Å². The SMILES string of the molecule is O=C(O)c1ncn(CC2CCC2)c1C(=O)O. The smallest absolute Gasteiger partial charge is 0.357 e. The molecule has 1 aliphatic rings. The first-order valence-corrected chi connectivity index (χ1v) is 5.11. The Morgan fingerprint density at radius 1 is 1.38 bits per heavy atom. The van der Waals surface area contributed by atoms with Crippen LogP contribution < -0.4 is 0 Å². The van der Waals surface area contributed by atoms with Crippen molar-refractivity contribution in [1.82, 2.24) is 9.55 Å². The second-order valence-electron chi connectivity index (χ2n) is 4.00. The number of carboxylic acid groups (broad SMARTS) is 2. The van der Waals surface area contributed by atoms with E-state index < -0.39 is 11.9 Å². The molecular weight excluding hydrogens is 212 g/mol. The summed E-state index contributed by atoms with van der Waals surface area (Å²) in [6, 6.07) is 0. The van der Waals surface area contributed by atoms with Gasteiger partial charge in [0.15, 0.2) is 11.4 Å². The molecule has 1 aliphatic carbocycles. The highest BCUT2D eigenvalue weighted by Crippen LogP contribution is 2.28. The molecule has 1 saturated carbocycles. The zero-order chi connectivity index (χ0) is 11.7. The van der Waals surface area contributed by atoms with E-state index in [2.05, 4.69) is 4.98 Å². The van der Waals surface area contributed by atoms with E-state index in [1.165, 1.54) is 10.9 Å². The third-order valence-electron chi connectivity index (χ3n) is 2.92. The molecule has 1 heterocycles. The molecule has 86 valence electrons. The van der Waals surface area contributed by atoms with Gasteiger partial charge in [0.05, 0.1) is 6.33 Å². The lowest BCUT2D eigenvalue weighted by Crippen LogP contribution is -2.21. The lowest BCUT2D eigenvalue weighted by atomic mass is 9.85. The van der Waals surface area contributed by atoms with Gasteiger partial charge in [0.1, 0.15) is 0 Å². The Kier molecular flexibility index (Phi) is 2.64. The van der Waals surface area contributed by atoms with Crippen molar-refractivity contribution in [2.24, 2.45) is 5.92 Å². The fraction of sp³-hybridized carbons (Fsp3) is 0.500. The number of carboxylic acids is 2. The highest BCUT2D eigenvalue weighted by atomic mass is 16.4. The summed E-state index contributed by atoms with van der Waals surface area (Å²) >= 11 is 0. The van der Waals surface area contributed by atoms with Crippen LogP contribution in [0.25, 0.3) is 0 Å². The first-order valence-electron chi connectivity index (χ1n) is 5.11. The van der Waals surface area contributed by atoms with Gasteiger partial charge in [0, 0.05) is 6.54 Å². The molecule has 0 amide bonds. The number of aromatic nitrogens is 2. The topological polar surface area (TPSA) is 92.4 Å². The van der Waals surface area contributed by atoms with Crippen molar-refractivity contribution in [3.8, 4) is 0 Å². The van der Waals surface area contributed by atoms with Crippen LogP contribution in [-0.2, 0) is 6.54 Å². The summed E-state index contributed by atoms with van der Waals surface area (Å²) in [5, 5.41) is 17.8. The molecule has 0 aromatic carbocycles. The van der Waals surface area contributed by atoms with Gasteiger partial charge >= 0.3 is 11.9 Å². The summed E-state index contributed by atoms with van der Waals surface area (Å²) in [7, 11) is 0. The van der Waals surface area contributed by atoms with Gasteiger partial charge in [-0.05, 0) is 18.8 Å². The normalized spacial score (nSPS) is 15.8. The molecule has 0 bridgehead atoms. The van der Waals surface area contributed by atoms with E-state index in [1.54, 1.807) is 0 Å². The number of rotatable bonds is 4. The zero-order valence-corrected chi connectivity index (χ0v) is 8.59. The summed E-state index contributed by atoms with van der Waals surface area (Å²) < 4.78 is 1.43. The van der Waals surface area contributed by atoms with E-state index in [0.717, 1.165) is 19.3 Å². The number of imidazole rings is 1. The molecule has 6 heteroatoms. The van der Waals surface area contributed by atoms with Gasteiger partial charge in [-0.2, -0.15) is 0 Å². The monoisotopic (exact) mass is 224 g/mol. The molecule has 0 aliphatic heterocycles. The standard InChI is InChI=1S/C10H12N2O4/c13-9(14)7-8(10(15)16)12(5-11-7)4-6-2-1-3-6/h5-6H,1-4H2,(H,13,14)(H,15,16). The minimum Gasteiger partial charge on any atom is -0.476 e. The molecule has 1 aromatic rings. The molecular formula is C10H12N2O4. The van der Waals surface area contributed by atoms with Crippen LogP contribution in [0.3, 0.4) is 0 Å². The molecule has 1 fully saturated rings. The molecule has 1 aromatic heterocycles. The summed E-state index contributed by atoms with van der Waals surface area (Å²) in [6.07, 6.45) is 4.60. The quantitative estimate of drug-likeness (QED) is 0.798. The molecule has 0 radical (unpaired) electrons. The van der Waals surface area contributed by atoms with Crippen LogP contribution in [0.1, 0.15) is 40.2 Å². The predicted molar refractivity (Wildman–Crippen MR) is 53.5 cm³/mol. The van der Waals surface area contributed by atoms with Gasteiger partial charge in [0.25, 0.3) is 0 Å². The third kappa shape index (κ3) is 1.78. The van der Waals surface area contributed by atoms with E-state index in [9.17, 15) is 9.59 Å². The third-order valence-corrected chi connectivity index (χ3v) is 2.92. The van der Waals surface area contributed by atoms with Crippen molar-refractivity contribution in [3.63, 3.8) is 0 Å². The van der Waals surface area contributed by atoms with Crippen LogP contribution in [0.2, 0.25) is 0 Å². The fourth-order valence-electron chi connectivity index (χ4n) is 1.85. The number of hydrogen-bond acceptors (Lipinski definition) is 3. The van der Waals surface area contributed by atoms with Crippen LogP contribution in [0.5, 0.6) is 0 Å². The average Bonchev–Trinajstić information content (AvgIpc) is 2.54. The summed E-state index contributed by atoms with van der Waals surface area (Å²) in [6.45, 7) is 0.544. The molecule has 16 heavy (non-hydrogen) atoms. The van der Waals surface area contributed by atoms with Gasteiger partial charge in [-0.25, -0.2) is 14.6 Å². The second kappa shape index (κ2) is 3.96. The van der Waals surface area contributed by atoms with Gasteiger partial charge < -0.3 is 14.8 Å². The maximum absolute atomic E-state index is 11.0. The molecule has 0 spiro atoms. The Balaban J connectivity index is 2.29. The van der Waals surface area contributed by atoms with Crippen LogP contribution in [0, 0.1) is 5.92 Å². The first-order chi connectivity index (χ1) is 7.59. The highest BCUT2D eigenvalue weighted by Gasteiger charge is 2.26. The van der Waals surface area contributed by atoms with Gasteiger partial charge in [-0.1, -0.05) is 6.42 Å². The number of aromatic carboxylic acids is 2. The lowest BCUT2D eigenvalue weighted by Gasteiger charge is -2.25. The Labute approximate surface area is 91.5 Å². The van der Waals surface area contributed by atoms with Crippen molar-refractivity contribution in [2.45, 2.75) is 25.8 Å². The van der Waals surface area contributed by atoms with Gasteiger partial charge in [-0.15, -0.1) is 0 Å². The molecule has 2 N–H and O–H groups in total. The van der Waals surface area contributed by atoms with Crippen molar-refractivity contribution >= 4 is 11.9 Å². The Bertz CT molecular complexity index is 434. The van der Waals surface area contributed by atoms with E-state index >= 15 is 0 Å². The molecule has 0 unspecified atom stereocenters. The molecule has 0 atom stereocenters. The van der Waals surface area contributed by atoms with Gasteiger partial charge in [0.2, 0.25) is 0 Å². The van der Waals surface area contributed by atoms with Crippen molar-refractivity contribution in [3.05, 3.63) is 17.7 Å². The van der Waals surface area contributed by atoms with Crippen LogP contribution in [0.4, 0.5) is 0 Å². The highest BCUT2D eigenvalue weighted by molar-refractivity contribution is 5.99. The van der Waals surface area contributed by atoms with E-state index in [1.807, 2.05) is 0 Å². The van der Waals surface area contributed by atoms with E-state index in [-0.39, 0.29) is 11.4 Å². The van der Waals surface area contributed by atoms with Crippen LogP contribution in [-0.4, -0.2) is 31.7 Å². The molecule has 0 saturated heterocycles. The number of nitrogens with zero attached hydrogens (tertiary/aromatic N) is 2. The Hall–Kier alpha value is -1.85. The summed E-state index contributed by atoms with van der Waals surface area (Å²) in [4.78, 5) is 25.4. The Morgan fingerprint density at radius 3 is 2.50 bits per heavy atom. The minimum absolute atomic E-state index is 0.223. The molecule has 6 nitrogen and oxygen atoms in total. The van der Waals surface area contributed by atoms with Crippen molar-refractivity contribution < 1.29 is 19.8 Å². The molecule has 2 rings (SSSR count). The van der Waals surface area contributed by atoms with Crippen LogP contribution in [0.15, 0.2) is 6.33 Å². The van der Waals surface area contributed by atoms with Crippen molar-refractivity contribution in [1.29, 1.82) is 0 Å². The number of carbonyl (C=O) groups is 2. The van der Waals surface area contributed by atoms with Gasteiger partial charge in [-0.3, -0.25) is 0 Å². The maximum atomic E-state index is 11.0. The second-order valence-corrected chi connectivity index (χ2v) is 4.00. The first kappa shape index (κ1) is 10.7. The fourth-order valence-corrected chi connectivity index (χ4v) is 1.85. The summed E-state index contributed by atoms with van der Waals surface area (Å²) in [5.74, 6) is -2.09. The summed E-state index contributed by atoms with van der Waals surface area (Å²) in [5.41, 5.74) is -0.605. The van der Waals surface area contributed by atoms with Crippen LogP contribution >= 0.6 is 0 Å². The van der Waals surface area contributed by atoms with E-state index in [0.29, 0.717) is 12.5 Å². The minimum atomic E-state index is -1.30. The maximum Gasteiger partial charge on any atom is 0.357 e. The Morgan fingerprint density at radius 2 is 2.06 bits per heavy atom. The largest absolute Gasteiger partial charge is 0.476 e. The number of hydrogen-bond donors (Lipinski definition) is 2.